The number of carbonyl (C=O) groups is 3. The molecule has 0 radical (unpaired) electrons. The van der Waals surface area contributed by atoms with Crippen LogP contribution in [0.15, 0.2) is 60.8 Å². The molecule has 0 amide bonds. The van der Waals surface area contributed by atoms with Crippen LogP contribution in [0.25, 0.3) is 0 Å². The third-order valence-corrected chi connectivity index (χ3v) is 16.5. The molecule has 0 spiro atoms. The van der Waals surface area contributed by atoms with E-state index in [-0.39, 0.29) is 31.1 Å². The summed E-state index contributed by atoms with van der Waals surface area (Å²) in [5.41, 5.74) is 0. The highest BCUT2D eigenvalue weighted by atomic mass is 16.6. The van der Waals surface area contributed by atoms with Gasteiger partial charge in [0.1, 0.15) is 13.2 Å². The molecule has 1 atom stereocenters. The summed E-state index contributed by atoms with van der Waals surface area (Å²) in [6.07, 6.45) is 92.6. The van der Waals surface area contributed by atoms with Crippen LogP contribution < -0.4 is 0 Å². The van der Waals surface area contributed by atoms with E-state index < -0.39 is 6.10 Å². The summed E-state index contributed by atoms with van der Waals surface area (Å²) < 4.78 is 17.0. The Bertz CT molecular complexity index is 1470. The van der Waals surface area contributed by atoms with Gasteiger partial charge in [0.05, 0.1) is 0 Å². The number of unbranched alkanes of at least 4 members (excludes halogenated alkanes) is 47. The third kappa shape index (κ3) is 69.8. The quantitative estimate of drug-likeness (QED) is 0.0261. The molecule has 0 saturated heterocycles. The van der Waals surface area contributed by atoms with Crippen molar-refractivity contribution in [3.05, 3.63) is 60.8 Å². The van der Waals surface area contributed by atoms with Crippen molar-refractivity contribution in [3.63, 3.8) is 0 Å². The zero-order chi connectivity index (χ0) is 59.9. The Hall–Kier alpha value is -2.89. The highest BCUT2D eigenvalue weighted by Gasteiger charge is 2.19. The largest absolute Gasteiger partial charge is 0.462 e. The molecule has 0 fully saturated rings. The van der Waals surface area contributed by atoms with E-state index in [9.17, 15) is 14.4 Å². The van der Waals surface area contributed by atoms with Crippen LogP contribution in [0, 0.1) is 0 Å². The van der Waals surface area contributed by atoms with Crippen LogP contribution >= 0.6 is 0 Å². The maximum absolute atomic E-state index is 13.0. The van der Waals surface area contributed by atoms with Gasteiger partial charge in [-0.25, -0.2) is 0 Å². The van der Waals surface area contributed by atoms with Gasteiger partial charge in [-0.2, -0.15) is 0 Å². The molecule has 1 unspecified atom stereocenters. The van der Waals surface area contributed by atoms with E-state index in [1.54, 1.807) is 0 Å². The van der Waals surface area contributed by atoms with E-state index in [1.165, 1.54) is 257 Å². The second-order valence-corrected chi connectivity index (χ2v) is 24.9. The zero-order valence-corrected chi connectivity index (χ0v) is 55.7. The van der Waals surface area contributed by atoms with Gasteiger partial charge in [0.15, 0.2) is 6.10 Å². The van der Waals surface area contributed by atoms with E-state index in [4.69, 9.17) is 14.2 Å². The van der Waals surface area contributed by atoms with Crippen LogP contribution in [-0.2, 0) is 28.6 Å². The molecule has 484 valence electrons. The number of ether oxygens (including phenoxy) is 3. The van der Waals surface area contributed by atoms with Crippen molar-refractivity contribution >= 4 is 17.9 Å². The van der Waals surface area contributed by atoms with Crippen molar-refractivity contribution < 1.29 is 28.6 Å². The monoisotopic (exact) mass is 1160 g/mol. The van der Waals surface area contributed by atoms with Crippen molar-refractivity contribution in [2.24, 2.45) is 0 Å². The van der Waals surface area contributed by atoms with Crippen LogP contribution in [0.1, 0.15) is 393 Å². The first-order valence-electron chi connectivity index (χ1n) is 36.8. The molecule has 0 N–H and O–H groups in total. The summed E-state index contributed by atoms with van der Waals surface area (Å²) in [5, 5.41) is 0. The Kier molecular flexibility index (Phi) is 69.1. The summed E-state index contributed by atoms with van der Waals surface area (Å²) in [7, 11) is 0. The van der Waals surface area contributed by atoms with E-state index in [1.807, 2.05) is 0 Å². The van der Waals surface area contributed by atoms with Gasteiger partial charge in [-0.15, -0.1) is 0 Å². The average molecular weight is 1160 g/mol. The molecule has 0 aromatic rings. The zero-order valence-electron chi connectivity index (χ0n) is 55.7. The highest BCUT2D eigenvalue weighted by Crippen LogP contribution is 2.18. The Morgan fingerprint density at radius 1 is 0.241 bits per heavy atom. The average Bonchev–Trinajstić information content (AvgIpc) is 3.50. The number of allylic oxidation sites excluding steroid dienone is 10. The molecule has 0 aromatic heterocycles. The predicted molar refractivity (Wildman–Crippen MR) is 362 cm³/mol. The lowest BCUT2D eigenvalue weighted by Gasteiger charge is -2.18. The Morgan fingerprint density at radius 3 is 0.711 bits per heavy atom. The van der Waals surface area contributed by atoms with Crippen LogP contribution in [0.3, 0.4) is 0 Å². The molecule has 6 heteroatoms. The second-order valence-electron chi connectivity index (χ2n) is 24.9. The molecule has 0 aromatic carbocycles. The Morgan fingerprint density at radius 2 is 0.446 bits per heavy atom. The van der Waals surface area contributed by atoms with E-state index in [0.29, 0.717) is 19.3 Å². The van der Waals surface area contributed by atoms with E-state index in [2.05, 4.69) is 81.5 Å². The summed E-state index contributed by atoms with van der Waals surface area (Å²) in [4.78, 5) is 38.5. The smallest absolute Gasteiger partial charge is 0.306 e. The number of hydrogen-bond donors (Lipinski definition) is 0. The van der Waals surface area contributed by atoms with Gasteiger partial charge in [0.2, 0.25) is 0 Å². The lowest BCUT2D eigenvalue weighted by molar-refractivity contribution is -0.167. The van der Waals surface area contributed by atoms with Crippen molar-refractivity contribution in [1.29, 1.82) is 0 Å². The molecule has 6 nitrogen and oxygen atoms in total. The number of rotatable bonds is 68. The van der Waals surface area contributed by atoms with Gasteiger partial charge in [-0.1, -0.05) is 351 Å². The van der Waals surface area contributed by atoms with Crippen molar-refractivity contribution in [3.8, 4) is 0 Å². The minimum atomic E-state index is -0.785. The lowest BCUT2D eigenvalue weighted by atomic mass is 10.0. The summed E-state index contributed by atoms with van der Waals surface area (Å²) in [5.74, 6) is -0.876. The fourth-order valence-corrected chi connectivity index (χ4v) is 10.9. The third-order valence-electron chi connectivity index (χ3n) is 16.5. The minimum absolute atomic E-state index is 0.0783. The number of hydrogen-bond acceptors (Lipinski definition) is 6. The molecule has 0 aliphatic carbocycles. The topological polar surface area (TPSA) is 78.9 Å². The van der Waals surface area contributed by atoms with Crippen LogP contribution in [0.2, 0.25) is 0 Å². The highest BCUT2D eigenvalue weighted by molar-refractivity contribution is 5.71. The normalized spacial score (nSPS) is 12.4. The van der Waals surface area contributed by atoms with Crippen LogP contribution in [-0.4, -0.2) is 37.2 Å². The van der Waals surface area contributed by atoms with Gasteiger partial charge >= 0.3 is 17.9 Å². The molecular formula is C77H140O6. The van der Waals surface area contributed by atoms with E-state index >= 15 is 0 Å². The molecule has 0 saturated carbocycles. The molecule has 83 heavy (non-hydrogen) atoms. The van der Waals surface area contributed by atoms with Crippen molar-refractivity contribution in [1.82, 2.24) is 0 Å². The lowest BCUT2D eigenvalue weighted by Crippen LogP contribution is -2.30. The van der Waals surface area contributed by atoms with Gasteiger partial charge in [0.25, 0.3) is 0 Å². The molecule has 0 bridgehead atoms. The minimum Gasteiger partial charge on any atom is -0.462 e. The molecular weight excluding hydrogens is 1020 g/mol. The first-order valence-corrected chi connectivity index (χ1v) is 36.8. The van der Waals surface area contributed by atoms with Crippen molar-refractivity contribution in [2.75, 3.05) is 13.2 Å². The molecule has 0 aliphatic rings. The van der Waals surface area contributed by atoms with Gasteiger partial charge in [-0.05, 0) is 83.5 Å². The predicted octanol–water partition coefficient (Wildman–Crippen LogP) is 25.5. The van der Waals surface area contributed by atoms with Gasteiger partial charge in [-0.3, -0.25) is 14.4 Å². The fraction of sp³-hybridized carbons (Fsp3) is 0.831. The van der Waals surface area contributed by atoms with Gasteiger partial charge < -0.3 is 14.2 Å². The molecule has 0 aliphatic heterocycles. The maximum Gasteiger partial charge on any atom is 0.306 e. The summed E-state index contributed by atoms with van der Waals surface area (Å²) in [6.45, 7) is 6.64. The van der Waals surface area contributed by atoms with Crippen LogP contribution in [0.5, 0.6) is 0 Å². The Labute approximate surface area is 517 Å². The SMILES string of the molecule is CCCC/C=C\C/C=C\CCCCCCCC(=O)OCC(COC(=O)CCCCCCCCCCCCCCCCCCCCCCCCCCCCCC)OC(=O)CCCCCCCCCC/C=C\C/C=C\C/C=C\CCCCCCC. The second kappa shape index (κ2) is 71.6. The van der Waals surface area contributed by atoms with Crippen LogP contribution in [0.4, 0.5) is 0 Å². The standard InChI is InChI=1S/C77H140O6/c1-4-7-10-13-16-19-22-25-28-30-32-34-36-37-38-39-40-42-43-45-47-49-52-55-58-61-64-67-70-76(79)82-73-74(72-81-75(78)69-66-63-60-57-54-51-27-24-21-18-15-12-9-6-3)83-77(80)71-68-65-62-59-56-53-50-48-46-44-41-35-33-31-29-26-23-20-17-14-11-8-5-2/h15,18,23-24,26-27,31,33,41,44,74H,4-14,16-17,19-22,25,28-30,32,34-40,42-43,45-73H2,1-3H3/b18-15-,26-23-,27-24-,33-31-,44-41-. The van der Waals surface area contributed by atoms with Gasteiger partial charge in [0, 0.05) is 19.3 Å². The first kappa shape index (κ1) is 80.1. The number of esters is 3. The molecule has 0 heterocycles. The van der Waals surface area contributed by atoms with Crippen molar-refractivity contribution in [2.45, 2.75) is 399 Å². The summed E-state index contributed by atoms with van der Waals surface area (Å²) >= 11 is 0. The number of carbonyl (C=O) groups excluding carboxylic acids is 3. The van der Waals surface area contributed by atoms with E-state index in [0.717, 1.165) is 96.3 Å². The Balaban J connectivity index is 4.25. The maximum atomic E-state index is 13.0. The summed E-state index contributed by atoms with van der Waals surface area (Å²) in [6, 6.07) is 0. The first-order chi connectivity index (χ1) is 41.0. The molecule has 0 rings (SSSR count). The fourth-order valence-electron chi connectivity index (χ4n) is 10.9.